The molecule has 5 rings (SSSR count). The summed E-state index contributed by atoms with van der Waals surface area (Å²) in [5.41, 5.74) is 1.46. The SMILES string of the molecule is CC(C)N1CN(C)Cc2c1nn(Cc1cccc3ccccc13)c2C(=O)N1C[C@](C)(O)CO1. The molecule has 1 aromatic heterocycles. The van der Waals surface area contributed by atoms with E-state index in [1.165, 1.54) is 5.06 Å². The Morgan fingerprint density at radius 2 is 1.97 bits per heavy atom. The molecule has 8 nitrogen and oxygen atoms in total. The normalized spacial score (nSPS) is 21.3. The van der Waals surface area contributed by atoms with Crippen LogP contribution in [0.5, 0.6) is 0 Å². The van der Waals surface area contributed by atoms with E-state index in [0.717, 1.165) is 34.4 Å². The van der Waals surface area contributed by atoms with Gasteiger partial charge in [-0.1, -0.05) is 42.5 Å². The maximum Gasteiger partial charge on any atom is 0.296 e. The van der Waals surface area contributed by atoms with Crippen molar-refractivity contribution in [2.45, 2.75) is 45.5 Å². The van der Waals surface area contributed by atoms with Gasteiger partial charge in [-0.25, -0.2) is 5.06 Å². The number of hydrogen-bond donors (Lipinski definition) is 1. The first-order valence-corrected chi connectivity index (χ1v) is 11.4. The van der Waals surface area contributed by atoms with Crippen LogP contribution >= 0.6 is 0 Å². The number of hydrogen-bond acceptors (Lipinski definition) is 6. The molecular formula is C25H31N5O3. The minimum atomic E-state index is -1.06. The molecule has 3 aromatic rings. The summed E-state index contributed by atoms with van der Waals surface area (Å²) in [6.45, 7) is 8.01. The van der Waals surface area contributed by atoms with E-state index in [4.69, 9.17) is 9.94 Å². The Bertz CT molecular complexity index is 1200. The maximum absolute atomic E-state index is 13.7. The molecule has 0 unspecified atom stereocenters. The average molecular weight is 450 g/mol. The van der Waals surface area contributed by atoms with Gasteiger partial charge in [0.2, 0.25) is 0 Å². The molecule has 1 fully saturated rings. The molecule has 0 spiro atoms. The van der Waals surface area contributed by atoms with Crippen LogP contribution in [-0.4, -0.2) is 69.3 Å². The first kappa shape index (κ1) is 21.9. The highest BCUT2D eigenvalue weighted by atomic mass is 16.7. The molecule has 0 aliphatic carbocycles. The van der Waals surface area contributed by atoms with E-state index in [1.807, 2.05) is 29.9 Å². The minimum absolute atomic E-state index is 0.0937. The van der Waals surface area contributed by atoms with Gasteiger partial charge in [0.1, 0.15) is 17.9 Å². The van der Waals surface area contributed by atoms with E-state index in [0.29, 0.717) is 18.8 Å². The fraction of sp³-hybridized carbons (Fsp3) is 0.440. The second kappa shape index (κ2) is 8.13. The van der Waals surface area contributed by atoms with Crippen molar-refractivity contribution in [1.82, 2.24) is 19.7 Å². The number of amides is 1. The van der Waals surface area contributed by atoms with Gasteiger partial charge in [0.05, 0.1) is 19.8 Å². The lowest BCUT2D eigenvalue weighted by Crippen LogP contribution is -2.44. The van der Waals surface area contributed by atoms with Gasteiger partial charge in [-0.05, 0) is 44.2 Å². The summed E-state index contributed by atoms with van der Waals surface area (Å²) >= 11 is 0. The summed E-state index contributed by atoms with van der Waals surface area (Å²) in [6.07, 6.45) is 0. The number of benzene rings is 2. The van der Waals surface area contributed by atoms with Crippen molar-refractivity contribution in [1.29, 1.82) is 0 Å². The Labute approximate surface area is 193 Å². The first-order valence-electron chi connectivity index (χ1n) is 11.4. The van der Waals surface area contributed by atoms with Crippen LogP contribution in [-0.2, 0) is 17.9 Å². The van der Waals surface area contributed by atoms with Crippen molar-refractivity contribution in [3.05, 3.63) is 59.3 Å². The second-order valence-corrected chi connectivity index (χ2v) is 9.78. The number of fused-ring (bicyclic) bond motifs is 2. The Hall–Kier alpha value is -2.94. The molecule has 2 aromatic carbocycles. The quantitative estimate of drug-likeness (QED) is 0.660. The van der Waals surface area contributed by atoms with Crippen LogP contribution in [0.1, 0.15) is 42.4 Å². The molecule has 0 radical (unpaired) electrons. The molecule has 2 aliphatic heterocycles. The van der Waals surface area contributed by atoms with Crippen molar-refractivity contribution in [2.75, 3.05) is 31.8 Å². The molecule has 33 heavy (non-hydrogen) atoms. The number of rotatable bonds is 4. The van der Waals surface area contributed by atoms with Crippen LogP contribution in [0.3, 0.4) is 0 Å². The largest absolute Gasteiger partial charge is 0.386 e. The Morgan fingerprint density at radius 1 is 1.21 bits per heavy atom. The third-order valence-corrected chi connectivity index (χ3v) is 6.39. The number of carbonyl (C=O) groups is 1. The lowest BCUT2D eigenvalue weighted by molar-refractivity contribution is -0.0804. The highest BCUT2D eigenvalue weighted by Gasteiger charge is 2.40. The number of aliphatic hydroxyl groups is 1. The van der Waals surface area contributed by atoms with Crippen LogP contribution in [0.4, 0.5) is 5.82 Å². The van der Waals surface area contributed by atoms with E-state index in [9.17, 15) is 9.90 Å². The van der Waals surface area contributed by atoms with Crippen molar-refractivity contribution < 1.29 is 14.7 Å². The summed E-state index contributed by atoms with van der Waals surface area (Å²) in [4.78, 5) is 23.7. The fourth-order valence-corrected chi connectivity index (χ4v) is 4.73. The lowest BCUT2D eigenvalue weighted by atomic mass is 10.0. The highest BCUT2D eigenvalue weighted by molar-refractivity contribution is 5.95. The van der Waals surface area contributed by atoms with E-state index in [1.54, 1.807) is 6.92 Å². The predicted molar refractivity (Wildman–Crippen MR) is 127 cm³/mol. The lowest BCUT2D eigenvalue weighted by Gasteiger charge is -2.36. The van der Waals surface area contributed by atoms with Crippen LogP contribution in [0.2, 0.25) is 0 Å². The van der Waals surface area contributed by atoms with E-state index in [-0.39, 0.29) is 25.1 Å². The number of β-amino-alcohol motifs (C(OH)–C–C–N with tert-alkyl or cyclic N) is 1. The van der Waals surface area contributed by atoms with Gasteiger partial charge in [-0.3, -0.25) is 19.2 Å². The van der Waals surface area contributed by atoms with Crippen LogP contribution in [0, 0.1) is 0 Å². The third kappa shape index (κ3) is 3.99. The monoisotopic (exact) mass is 449 g/mol. The van der Waals surface area contributed by atoms with Crippen LogP contribution in [0.25, 0.3) is 10.8 Å². The number of carbonyl (C=O) groups excluding carboxylic acids is 1. The van der Waals surface area contributed by atoms with Crippen molar-refractivity contribution in [2.24, 2.45) is 0 Å². The number of hydroxylamine groups is 2. The zero-order valence-electron chi connectivity index (χ0n) is 19.7. The number of aromatic nitrogens is 2. The van der Waals surface area contributed by atoms with Gasteiger partial charge in [0.25, 0.3) is 5.91 Å². The average Bonchev–Trinajstić information content (AvgIpc) is 3.32. The molecule has 3 heterocycles. The smallest absolute Gasteiger partial charge is 0.296 e. The Kier molecular flexibility index (Phi) is 5.39. The molecule has 2 aliphatic rings. The second-order valence-electron chi connectivity index (χ2n) is 9.78. The molecule has 1 amide bonds. The van der Waals surface area contributed by atoms with Gasteiger partial charge in [0.15, 0.2) is 5.82 Å². The van der Waals surface area contributed by atoms with Gasteiger partial charge >= 0.3 is 0 Å². The summed E-state index contributed by atoms with van der Waals surface area (Å²) in [5.74, 6) is 0.582. The standard InChI is InChI=1S/C25H31N5O3/c1-17(2)28-16-27(4)13-21-22(24(31)30-14-25(3,32)15-33-30)29(26-23(21)28)12-19-10-7-9-18-8-5-6-11-20(18)19/h5-11,17,32H,12-16H2,1-4H3/t25-/m0/s1. The van der Waals surface area contributed by atoms with Gasteiger partial charge in [-0.2, -0.15) is 5.10 Å². The van der Waals surface area contributed by atoms with Gasteiger partial charge in [0, 0.05) is 18.2 Å². The molecular weight excluding hydrogens is 418 g/mol. The molecule has 1 atom stereocenters. The van der Waals surface area contributed by atoms with E-state index in [2.05, 4.69) is 47.9 Å². The summed E-state index contributed by atoms with van der Waals surface area (Å²) in [6, 6.07) is 14.7. The molecule has 1 N–H and O–H groups in total. The molecule has 1 saturated heterocycles. The first-order chi connectivity index (χ1) is 15.7. The molecule has 174 valence electrons. The van der Waals surface area contributed by atoms with Crippen molar-refractivity contribution in [3.8, 4) is 0 Å². The van der Waals surface area contributed by atoms with Crippen molar-refractivity contribution in [3.63, 3.8) is 0 Å². The summed E-state index contributed by atoms with van der Waals surface area (Å²) in [7, 11) is 2.05. The summed E-state index contributed by atoms with van der Waals surface area (Å²) < 4.78 is 1.82. The van der Waals surface area contributed by atoms with Crippen LogP contribution in [0.15, 0.2) is 42.5 Å². The Balaban J connectivity index is 1.62. The predicted octanol–water partition coefficient (Wildman–Crippen LogP) is 2.84. The topological polar surface area (TPSA) is 74.1 Å². The number of nitrogens with zero attached hydrogens (tertiary/aromatic N) is 5. The van der Waals surface area contributed by atoms with Crippen molar-refractivity contribution >= 4 is 22.5 Å². The zero-order chi connectivity index (χ0) is 23.3. The Morgan fingerprint density at radius 3 is 2.70 bits per heavy atom. The van der Waals surface area contributed by atoms with E-state index < -0.39 is 5.60 Å². The molecule has 0 bridgehead atoms. The number of anilines is 1. The molecule has 8 heteroatoms. The van der Waals surface area contributed by atoms with Gasteiger partial charge < -0.3 is 10.0 Å². The van der Waals surface area contributed by atoms with Crippen LogP contribution < -0.4 is 4.90 Å². The molecule has 0 saturated carbocycles. The zero-order valence-corrected chi connectivity index (χ0v) is 19.7. The minimum Gasteiger partial charge on any atom is -0.386 e. The summed E-state index contributed by atoms with van der Waals surface area (Å²) in [5, 5.41) is 18.9. The third-order valence-electron chi connectivity index (χ3n) is 6.39. The van der Waals surface area contributed by atoms with E-state index >= 15 is 0 Å². The van der Waals surface area contributed by atoms with Gasteiger partial charge in [-0.15, -0.1) is 0 Å². The fourth-order valence-electron chi connectivity index (χ4n) is 4.73. The highest BCUT2D eigenvalue weighted by Crippen LogP contribution is 2.33. The maximum atomic E-state index is 13.7.